The molecule has 1 aliphatic rings. The fraction of sp³-hybridized carbons (Fsp3) is 0.316. The maximum absolute atomic E-state index is 12.9. The van der Waals surface area contributed by atoms with Crippen molar-refractivity contribution in [3.05, 3.63) is 59.0 Å². The lowest BCUT2D eigenvalue weighted by atomic mass is 10.0. The van der Waals surface area contributed by atoms with Crippen LogP contribution in [0.2, 0.25) is 0 Å². The van der Waals surface area contributed by atoms with Gasteiger partial charge in [-0.2, -0.15) is 10.2 Å². The van der Waals surface area contributed by atoms with Crippen molar-refractivity contribution in [2.24, 2.45) is 0 Å². The number of amides is 1. The van der Waals surface area contributed by atoms with Crippen LogP contribution in [0.15, 0.2) is 36.5 Å². The van der Waals surface area contributed by atoms with Gasteiger partial charge in [-0.25, -0.2) is 0 Å². The zero-order valence-corrected chi connectivity index (χ0v) is 14.6. The van der Waals surface area contributed by atoms with Crippen LogP contribution in [0, 0.1) is 0 Å². The lowest BCUT2D eigenvalue weighted by Crippen LogP contribution is -2.36. The van der Waals surface area contributed by atoms with Crippen molar-refractivity contribution in [1.82, 2.24) is 24.9 Å². The average Bonchev–Trinajstić information content (AvgIpc) is 3.35. The molecule has 26 heavy (non-hydrogen) atoms. The normalized spacial score (nSPS) is 13.7. The third-order valence-electron chi connectivity index (χ3n) is 4.90. The molecule has 3 heterocycles. The summed E-state index contributed by atoms with van der Waals surface area (Å²) in [4.78, 5) is 14.7. The van der Waals surface area contributed by atoms with Crippen molar-refractivity contribution in [3.63, 3.8) is 0 Å². The largest absolute Gasteiger partial charge is 0.390 e. The number of hydrogen-bond donors (Lipinski definition) is 2. The molecule has 0 saturated carbocycles. The van der Waals surface area contributed by atoms with Gasteiger partial charge in [0.25, 0.3) is 5.91 Å². The predicted molar refractivity (Wildman–Crippen MR) is 96.3 cm³/mol. The Morgan fingerprint density at radius 2 is 2.08 bits per heavy atom. The van der Waals surface area contributed by atoms with Crippen molar-refractivity contribution in [1.29, 1.82) is 0 Å². The van der Waals surface area contributed by atoms with Gasteiger partial charge >= 0.3 is 0 Å². The molecule has 0 saturated heterocycles. The molecule has 0 radical (unpaired) electrons. The molecule has 0 bridgehead atoms. The average molecular weight is 351 g/mol. The molecule has 0 atom stereocenters. The molecule has 0 unspecified atom stereocenters. The summed E-state index contributed by atoms with van der Waals surface area (Å²) in [5.41, 5.74) is 5.37. The van der Waals surface area contributed by atoms with Gasteiger partial charge in [0, 0.05) is 49.1 Å². The highest BCUT2D eigenvalue weighted by Crippen LogP contribution is 2.25. The van der Waals surface area contributed by atoms with Gasteiger partial charge in [0.2, 0.25) is 0 Å². The highest BCUT2D eigenvalue weighted by atomic mass is 16.3. The minimum Gasteiger partial charge on any atom is -0.390 e. The van der Waals surface area contributed by atoms with E-state index in [9.17, 15) is 9.90 Å². The molecule has 1 amide bonds. The standard InChI is InChI=1S/C19H21N5O2/c1-2-24-18-8-10-23(11-15(18)17(12-25)22-24)19(26)14-5-3-13(4-6-14)16-7-9-20-21-16/h3-7,9,25H,2,8,10-12H2,1H3,(H,20,21). The number of aromatic amines is 1. The van der Waals surface area contributed by atoms with E-state index in [1.807, 2.05) is 46.8 Å². The Labute approximate surface area is 151 Å². The second-order valence-corrected chi connectivity index (χ2v) is 6.37. The van der Waals surface area contributed by atoms with Gasteiger partial charge in [-0.1, -0.05) is 12.1 Å². The summed E-state index contributed by atoms with van der Waals surface area (Å²) in [6, 6.07) is 9.42. The van der Waals surface area contributed by atoms with E-state index in [1.165, 1.54) is 0 Å². The molecule has 1 aromatic carbocycles. The van der Waals surface area contributed by atoms with Crippen molar-refractivity contribution in [2.45, 2.75) is 33.0 Å². The molecule has 7 nitrogen and oxygen atoms in total. The molecule has 0 fully saturated rings. The number of aliphatic hydroxyl groups excluding tert-OH is 1. The van der Waals surface area contributed by atoms with E-state index < -0.39 is 0 Å². The maximum Gasteiger partial charge on any atom is 0.254 e. The highest BCUT2D eigenvalue weighted by Gasteiger charge is 2.27. The number of H-pyrrole nitrogens is 1. The summed E-state index contributed by atoms with van der Waals surface area (Å²) >= 11 is 0. The molecule has 2 aromatic heterocycles. The number of nitrogens with one attached hydrogen (secondary N) is 1. The molecule has 2 N–H and O–H groups in total. The zero-order chi connectivity index (χ0) is 18.1. The van der Waals surface area contributed by atoms with E-state index in [2.05, 4.69) is 15.3 Å². The lowest BCUT2D eigenvalue weighted by Gasteiger charge is -2.28. The van der Waals surface area contributed by atoms with Crippen LogP contribution in [0.4, 0.5) is 0 Å². The van der Waals surface area contributed by atoms with Gasteiger partial charge in [-0.3, -0.25) is 14.6 Å². The number of rotatable bonds is 4. The number of benzene rings is 1. The molecule has 3 aromatic rings. The molecule has 7 heteroatoms. The van der Waals surface area contributed by atoms with Gasteiger partial charge in [-0.05, 0) is 30.7 Å². The fourth-order valence-corrected chi connectivity index (χ4v) is 3.52. The Kier molecular flexibility index (Phi) is 4.30. The molecule has 4 rings (SSSR count). The summed E-state index contributed by atoms with van der Waals surface area (Å²) < 4.78 is 1.93. The molecule has 0 aliphatic carbocycles. The number of carbonyl (C=O) groups excluding carboxylic acids is 1. The van der Waals surface area contributed by atoms with Crippen LogP contribution in [0.1, 0.15) is 34.2 Å². The molecule has 0 spiro atoms. The summed E-state index contributed by atoms with van der Waals surface area (Å²) in [5.74, 6) is -0.0000472. The molecule has 134 valence electrons. The lowest BCUT2D eigenvalue weighted by molar-refractivity contribution is 0.0732. The van der Waals surface area contributed by atoms with E-state index in [0.29, 0.717) is 24.3 Å². The van der Waals surface area contributed by atoms with Crippen LogP contribution in [0.25, 0.3) is 11.3 Å². The third kappa shape index (κ3) is 2.80. The Hall–Kier alpha value is -2.93. The number of carbonyl (C=O) groups is 1. The topological polar surface area (TPSA) is 87.0 Å². The fourth-order valence-electron chi connectivity index (χ4n) is 3.52. The SMILES string of the molecule is CCn1nc(CO)c2c1CCN(C(=O)c1ccc(-c3ccn[nH]3)cc1)C2. The summed E-state index contributed by atoms with van der Waals surface area (Å²) in [7, 11) is 0. The minimum atomic E-state index is -0.101. The number of aromatic nitrogens is 4. The molecular formula is C19H21N5O2. The highest BCUT2D eigenvalue weighted by molar-refractivity contribution is 5.94. The van der Waals surface area contributed by atoms with Gasteiger partial charge in [0.05, 0.1) is 18.0 Å². The summed E-state index contributed by atoms with van der Waals surface area (Å²) in [5, 5.41) is 20.9. The van der Waals surface area contributed by atoms with Crippen molar-refractivity contribution in [2.75, 3.05) is 6.54 Å². The Morgan fingerprint density at radius 3 is 2.73 bits per heavy atom. The van der Waals surface area contributed by atoms with Crippen molar-refractivity contribution in [3.8, 4) is 11.3 Å². The van der Waals surface area contributed by atoms with Gasteiger partial charge in [-0.15, -0.1) is 0 Å². The van der Waals surface area contributed by atoms with Gasteiger partial charge in [0.1, 0.15) is 0 Å². The second-order valence-electron chi connectivity index (χ2n) is 6.37. The van der Waals surface area contributed by atoms with E-state index in [4.69, 9.17) is 0 Å². The van der Waals surface area contributed by atoms with Crippen LogP contribution >= 0.6 is 0 Å². The minimum absolute atomic E-state index is 0.0000472. The summed E-state index contributed by atoms with van der Waals surface area (Å²) in [6.07, 6.45) is 2.46. The first-order chi connectivity index (χ1) is 12.7. The number of nitrogens with zero attached hydrogens (tertiary/aromatic N) is 4. The monoisotopic (exact) mass is 351 g/mol. The first-order valence-corrected chi connectivity index (χ1v) is 8.78. The van der Waals surface area contributed by atoms with E-state index in [0.717, 1.165) is 35.5 Å². The van der Waals surface area contributed by atoms with Gasteiger partial charge in [0.15, 0.2) is 0 Å². The van der Waals surface area contributed by atoms with E-state index in [1.54, 1.807) is 6.20 Å². The van der Waals surface area contributed by atoms with Gasteiger partial charge < -0.3 is 10.0 Å². The zero-order valence-electron chi connectivity index (χ0n) is 14.6. The number of hydrogen-bond acceptors (Lipinski definition) is 4. The van der Waals surface area contributed by atoms with Crippen LogP contribution in [0.5, 0.6) is 0 Å². The quantitative estimate of drug-likeness (QED) is 0.752. The number of aryl methyl sites for hydroxylation is 1. The van der Waals surface area contributed by atoms with Crippen LogP contribution in [-0.2, 0) is 26.1 Å². The third-order valence-corrected chi connectivity index (χ3v) is 4.90. The van der Waals surface area contributed by atoms with Crippen LogP contribution in [-0.4, -0.2) is 42.4 Å². The maximum atomic E-state index is 12.9. The predicted octanol–water partition coefficient (Wildman–Crippen LogP) is 1.98. The molecule has 1 aliphatic heterocycles. The second kappa shape index (κ2) is 6.76. The van der Waals surface area contributed by atoms with Crippen LogP contribution < -0.4 is 0 Å². The first kappa shape index (κ1) is 16.5. The number of fused-ring (bicyclic) bond motifs is 1. The number of aliphatic hydroxyl groups is 1. The first-order valence-electron chi connectivity index (χ1n) is 8.78. The Bertz CT molecular complexity index is 912. The van der Waals surface area contributed by atoms with E-state index >= 15 is 0 Å². The summed E-state index contributed by atoms with van der Waals surface area (Å²) in [6.45, 7) is 3.85. The van der Waals surface area contributed by atoms with Crippen molar-refractivity contribution < 1.29 is 9.90 Å². The van der Waals surface area contributed by atoms with Crippen molar-refractivity contribution >= 4 is 5.91 Å². The Morgan fingerprint density at radius 1 is 1.27 bits per heavy atom. The van der Waals surface area contributed by atoms with Crippen LogP contribution in [0.3, 0.4) is 0 Å². The molecular weight excluding hydrogens is 330 g/mol. The van der Waals surface area contributed by atoms with E-state index in [-0.39, 0.29) is 12.5 Å². The smallest absolute Gasteiger partial charge is 0.254 e. The Balaban J connectivity index is 1.55.